The maximum absolute atomic E-state index is 13.4. The summed E-state index contributed by atoms with van der Waals surface area (Å²) in [6.45, 7) is 3.44. The predicted octanol–water partition coefficient (Wildman–Crippen LogP) is 6.83. The molecule has 3 N–H and O–H groups in total. The van der Waals surface area contributed by atoms with E-state index in [1.165, 1.54) is 16.7 Å². The predicted molar refractivity (Wildman–Crippen MR) is 162 cm³/mol. The minimum absolute atomic E-state index is 0.00362. The van der Waals surface area contributed by atoms with Crippen LogP contribution in [0.1, 0.15) is 88.4 Å². The van der Waals surface area contributed by atoms with E-state index in [0.717, 1.165) is 49.9 Å². The normalized spacial score (nSPS) is 18.6. The number of carbonyl (C=O) groups is 1. The molecule has 3 unspecified atom stereocenters. The third kappa shape index (κ3) is 6.08. The summed E-state index contributed by atoms with van der Waals surface area (Å²) >= 11 is 0. The largest absolute Gasteiger partial charge is 0.492 e. The van der Waals surface area contributed by atoms with Crippen molar-refractivity contribution in [2.24, 2.45) is 5.92 Å². The zero-order valence-corrected chi connectivity index (χ0v) is 23.7. The van der Waals surface area contributed by atoms with Crippen molar-refractivity contribution in [1.29, 1.82) is 0 Å². The van der Waals surface area contributed by atoms with Crippen molar-refractivity contribution in [2.75, 3.05) is 13.2 Å². The number of fused-ring (bicyclic) bond motifs is 1. The van der Waals surface area contributed by atoms with Crippen molar-refractivity contribution in [1.82, 2.24) is 20.6 Å². The number of amides is 1. The SMILES string of the molecule is Cc1ccccc1C(c1ccccc1)C(NC1CCOc2c(C(=O)NCC3CC[CH]CC3)cccc21)c1cnc[nH]1. The van der Waals surface area contributed by atoms with Crippen LogP contribution >= 0.6 is 0 Å². The Balaban J connectivity index is 1.32. The number of hydrogen-bond acceptors (Lipinski definition) is 4. The molecule has 4 aromatic rings. The van der Waals surface area contributed by atoms with E-state index in [9.17, 15) is 4.79 Å². The first-order chi connectivity index (χ1) is 20.2. The van der Waals surface area contributed by atoms with Crippen LogP contribution in [0.3, 0.4) is 0 Å². The standard InChI is InChI=1S/C35H39N4O2/c1-24-11-8-9-16-27(24)32(26-14-6-3-7-15-26)33(31-22-36-23-38-31)39-30-19-20-41-34-28(30)17-10-18-29(34)35(40)37-21-25-12-4-2-5-13-25/h2-3,6-11,14-18,22-23,25,30,32-33,39H,4-5,12-13,19-21H2,1H3,(H,36,38)(H,37,40). The molecule has 1 aliphatic heterocycles. The highest BCUT2D eigenvalue weighted by Crippen LogP contribution is 2.42. The molecule has 1 fully saturated rings. The van der Waals surface area contributed by atoms with E-state index < -0.39 is 0 Å². The molecule has 6 heteroatoms. The van der Waals surface area contributed by atoms with E-state index >= 15 is 0 Å². The highest BCUT2D eigenvalue weighted by molar-refractivity contribution is 5.97. The molecule has 1 saturated carbocycles. The van der Waals surface area contributed by atoms with E-state index in [2.05, 4.69) is 94.6 Å². The summed E-state index contributed by atoms with van der Waals surface area (Å²) < 4.78 is 6.19. The van der Waals surface area contributed by atoms with Crippen LogP contribution in [-0.2, 0) is 0 Å². The highest BCUT2D eigenvalue weighted by Gasteiger charge is 2.34. The van der Waals surface area contributed by atoms with Gasteiger partial charge in [0.15, 0.2) is 0 Å². The third-order valence-corrected chi connectivity index (χ3v) is 8.68. The van der Waals surface area contributed by atoms with Crippen LogP contribution in [-0.4, -0.2) is 29.0 Å². The molecule has 1 radical (unpaired) electrons. The molecule has 0 bridgehead atoms. The van der Waals surface area contributed by atoms with Crippen LogP contribution in [0.5, 0.6) is 5.75 Å². The van der Waals surface area contributed by atoms with Gasteiger partial charge < -0.3 is 20.4 Å². The molecule has 1 aliphatic carbocycles. The first kappa shape index (κ1) is 27.3. The molecule has 211 valence electrons. The molecule has 1 aromatic heterocycles. The lowest BCUT2D eigenvalue weighted by Gasteiger charge is -2.35. The second-order valence-electron chi connectivity index (χ2n) is 11.3. The smallest absolute Gasteiger partial charge is 0.255 e. The zero-order chi connectivity index (χ0) is 28.0. The Morgan fingerprint density at radius 2 is 1.80 bits per heavy atom. The van der Waals surface area contributed by atoms with Crippen molar-refractivity contribution in [3.63, 3.8) is 0 Å². The molecule has 3 atom stereocenters. The van der Waals surface area contributed by atoms with Gasteiger partial charge in [0.05, 0.1) is 30.2 Å². The number of aryl methyl sites for hydroxylation is 1. The van der Waals surface area contributed by atoms with Crippen LogP contribution in [0.15, 0.2) is 85.3 Å². The molecular weight excluding hydrogens is 508 g/mol. The average Bonchev–Trinajstić information content (AvgIpc) is 3.56. The first-order valence-electron chi connectivity index (χ1n) is 14.9. The molecule has 2 heterocycles. The summed E-state index contributed by atoms with van der Waals surface area (Å²) in [6.07, 6.45) is 11.4. The summed E-state index contributed by atoms with van der Waals surface area (Å²) in [5, 5.41) is 7.20. The number of para-hydroxylation sites is 1. The van der Waals surface area contributed by atoms with Gasteiger partial charge in [0.25, 0.3) is 5.91 Å². The summed E-state index contributed by atoms with van der Waals surface area (Å²) in [6, 6.07) is 25.1. The fraction of sp³-hybridized carbons (Fsp3) is 0.343. The minimum Gasteiger partial charge on any atom is -0.492 e. The number of aromatic nitrogens is 2. The van der Waals surface area contributed by atoms with Crippen molar-refractivity contribution >= 4 is 5.91 Å². The fourth-order valence-corrected chi connectivity index (χ4v) is 6.48. The second kappa shape index (κ2) is 12.7. The lowest BCUT2D eigenvalue weighted by molar-refractivity contribution is 0.0938. The van der Waals surface area contributed by atoms with Crippen molar-refractivity contribution in [3.8, 4) is 5.75 Å². The highest BCUT2D eigenvalue weighted by atomic mass is 16.5. The number of H-pyrrole nitrogens is 1. The Labute approximate surface area is 243 Å². The number of nitrogens with zero attached hydrogens (tertiary/aromatic N) is 1. The van der Waals surface area contributed by atoms with Crippen LogP contribution in [0.2, 0.25) is 0 Å². The van der Waals surface area contributed by atoms with E-state index in [1.54, 1.807) is 6.33 Å². The van der Waals surface area contributed by atoms with Crippen molar-refractivity contribution < 1.29 is 9.53 Å². The number of nitrogens with one attached hydrogen (secondary N) is 3. The fourth-order valence-electron chi connectivity index (χ4n) is 6.48. The summed E-state index contributed by atoms with van der Waals surface area (Å²) in [4.78, 5) is 21.1. The molecule has 3 aromatic carbocycles. The number of imidazole rings is 1. The number of carbonyl (C=O) groups excluding carboxylic acids is 1. The van der Waals surface area contributed by atoms with Crippen LogP contribution in [0.25, 0.3) is 0 Å². The molecular formula is C35H39N4O2. The molecule has 0 spiro atoms. The van der Waals surface area contributed by atoms with Crippen LogP contribution < -0.4 is 15.4 Å². The monoisotopic (exact) mass is 547 g/mol. The molecule has 6 nitrogen and oxygen atoms in total. The van der Waals surface area contributed by atoms with Gasteiger partial charge in [0.2, 0.25) is 0 Å². The van der Waals surface area contributed by atoms with Gasteiger partial charge in [-0.25, -0.2) is 4.98 Å². The van der Waals surface area contributed by atoms with Crippen molar-refractivity contribution in [2.45, 2.75) is 57.0 Å². The van der Waals surface area contributed by atoms with Gasteiger partial charge in [0, 0.05) is 36.7 Å². The second-order valence-corrected chi connectivity index (χ2v) is 11.3. The van der Waals surface area contributed by atoms with E-state index in [1.807, 2.05) is 18.3 Å². The van der Waals surface area contributed by atoms with Gasteiger partial charge in [-0.3, -0.25) is 4.79 Å². The lowest BCUT2D eigenvalue weighted by Crippen LogP contribution is -2.35. The molecule has 0 saturated heterocycles. The first-order valence-corrected chi connectivity index (χ1v) is 14.9. The Morgan fingerprint density at radius 3 is 2.59 bits per heavy atom. The third-order valence-electron chi connectivity index (χ3n) is 8.68. The summed E-state index contributed by atoms with van der Waals surface area (Å²) in [7, 11) is 0. The number of benzene rings is 3. The molecule has 6 rings (SSSR count). The van der Waals surface area contributed by atoms with Gasteiger partial charge in [-0.1, -0.05) is 66.7 Å². The van der Waals surface area contributed by atoms with E-state index in [-0.39, 0.29) is 23.9 Å². The van der Waals surface area contributed by atoms with Gasteiger partial charge in [-0.2, -0.15) is 0 Å². The van der Waals surface area contributed by atoms with Gasteiger partial charge in [-0.15, -0.1) is 0 Å². The topological polar surface area (TPSA) is 79.0 Å². The lowest BCUT2D eigenvalue weighted by atomic mass is 9.81. The summed E-state index contributed by atoms with van der Waals surface area (Å²) in [5.74, 6) is 1.24. The van der Waals surface area contributed by atoms with Gasteiger partial charge in [-0.05, 0) is 67.7 Å². The van der Waals surface area contributed by atoms with Crippen LogP contribution in [0, 0.1) is 19.3 Å². The number of aromatic amines is 1. The zero-order valence-electron chi connectivity index (χ0n) is 23.7. The quantitative estimate of drug-likeness (QED) is 0.215. The Kier molecular flexibility index (Phi) is 8.47. The number of rotatable bonds is 9. The maximum atomic E-state index is 13.4. The number of hydrogen-bond donors (Lipinski definition) is 3. The van der Waals surface area contributed by atoms with Crippen molar-refractivity contribution in [3.05, 3.63) is 125 Å². The van der Waals surface area contributed by atoms with E-state index in [0.29, 0.717) is 23.8 Å². The van der Waals surface area contributed by atoms with Gasteiger partial charge in [0.1, 0.15) is 5.75 Å². The Morgan fingerprint density at radius 1 is 1.00 bits per heavy atom. The van der Waals surface area contributed by atoms with Crippen LogP contribution in [0.4, 0.5) is 0 Å². The molecule has 2 aliphatic rings. The van der Waals surface area contributed by atoms with E-state index in [4.69, 9.17) is 4.74 Å². The van der Waals surface area contributed by atoms with Gasteiger partial charge >= 0.3 is 0 Å². The molecule has 41 heavy (non-hydrogen) atoms. The Bertz CT molecular complexity index is 1430. The molecule has 1 amide bonds. The minimum atomic E-state index is -0.0856. The Hall–Kier alpha value is -3.90. The summed E-state index contributed by atoms with van der Waals surface area (Å²) in [5.41, 5.74) is 6.41. The maximum Gasteiger partial charge on any atom is 0.255 e. The number of ether oxygens (including phenoxy) is 1. The average molecular weight is 548 g/mol.